The molecular weight excluding hydrogens is 442 g/mol. The zero-order valence-corrected chi connectivity index (χ0v) is 14.5. The maximum absolute atomic E-state index is 13.6. The van der Waals surface area contributed by atoms with Gasteiger partial charge in [0.25, 0.3) is 5.91 Å². The third-order valence-corrected chi connectivity index (χ3v) is 3.71. The van der Waals surface area contributed by atoms with Crippen LogP contribution in [0, 0.1) is 11.3 Å². The summed E-state index contributed by atoms with van der Waals surface area (Å²) in [6.07, 6.45) is -12.1. The van der Waals surface area contributed by atoms with Crippen LogP contribution in [-0.4, -0.2) is 26.8 Å². The van der Waals surface area contributed by atoms with Crippen LogP contribution in [0.5, 0.6) is 0 Å². The van der Waals surface area contributed by atoms with Crippen molar-refractivity contribution in [3.05, 3.63) is 39.8 Å². The molecule has 0 aliphatic carbocycles. The van der Waals surface area contributed by atoms with Crippen molar-refractivity contribution in [1.29, 1.82) is 5.26 Å². The van der Waals surface area contributed by atoms with Crippen LogP contribution in [0.1, 0.15) is 27.3 Å². The van der Waals surface area contributed by atoms with Crippen molar-refractivity contribution < 1.29 is 39.9 Å². The van der Waals surface area contributed by atoms with Crippen LogP contribution < -0.4 is 5.32 Å². The summed E-state index contributed by atoms with van der Waals surface area (Å²) < 4.78 is 105. The van der Waals surface area contributed by atoms with E-state index in [2.05, 4.69) is 10.1 Å². The van der Waals surface area contributed by atoms with Gasteiger partial charge in [-0.3, -0.25) is 9.48 Å². The first-order valence-corrected chi connectivity index (χ1v) is 7.46. The summed E-state index contributed by atoms with van der Waals surface area (Å²) >= 11 is 5.59. The highest BCUT2D eigenvalue weighted by Gasteiger charge is 2.64. The van der Waals surface area contributed by atoms with Crippen LogP contribution in [0.4, 0.5) is 40.9 Å². The van der Waals surface area contributed by atoms with Crippen LogP contribution in [0.2, 0.25) is 5.15 Å². The number of pyridine rings is 1. The van der Waals surface area contributed by atoms with Gasteiger partial charge in [-0.25, -0.2) is 4.98 Å². The molecule has 0 spiro atoms. The standard InChI is InChI=1S/C14H6ClF8N5O/c1-28-10(26-11(29)6-3-2-5(4-24)9(15)25-6)7(13(18,19)20)8(27-28)12(16,17)14(21,22)23/h2-3H,1H3,(H,26,29). The molecule has 0 aliphatic rings. The number of aryl methyl sites for hydroxylation is 1. The van der Waals surface area contributed by atoms with E-state index < -0.39 is 52.1 Å². The fourth-order valence-electron chi connectivity index (χ4n) is 2.11. The Labute approximate surface area is 160 Å². The topological polar surface area (TPSA) is 83.6 Å². The molecule has 15 heteroatoms. The highest BCUT2D eigenvalue weighted by Crippen LogP contribution is 2.49. The molecule has 29 heavy (non-hydrogen) atoms. The summed E-state index contributed by atoms with van der Waals surface area (Å²) in [5, 5.41) is 12.4. The monoisotopic (exact) mass is 447 g/mol. The number of carbonyl (C=O) groups excluding carboxylic acids is 1. The number of anilines is 1. The molecule has 0 radical (unpaired) electrons. The van der Waals surface area contributed by atoms with E-state index in [0.29, 0.717) is 7.05 Å². The number of nitriles is 1. The van der Waals surface area contributed by atoms with E-state index in [1.807, 2.05) is 0 Å². The Bertz CT molecular complexity index is 1010. The van der Waals surface area contributed by atoms with Crippen molar-refractivity contribution in [3.63, 3.8) is 0 Å². The average Bonchev–Trinajstić information content (AvgIpc) is 2.91. The molecule has 0 aromatic carbocycles. The van der Waals surface area contributed by atoms with Gasteiger partial charge in [0.2, 0.25) is 0 Å². The van der Waals surface area contributed by atoms with Gasteiger partial charge in [-0.1, -0.05) is 11.6 Å². The molecule has 2 aromatic rings. The Morgan fingerprint density at radius 3 is 2.21 bits per heavy atom. The van der Waals surface area contributed by atoms with Crippen LogP contribution in [0.15, 0.2) is 12.1 Å². The summed E-state index contributed by atoms with van der Waals surface area (Å²) in [6, 6.07) is 3.49. The van der Waals surface area contributed by atoms with E-state index in [-0.39, 0.29) is 10.2 Å². The summed E-state index contributed by atoms with van der Waals surface area (Å²) in [6.45, 7) is 0. The highest BCUT2D eigenvalue weighted by molar-refractivity contribution is 6.30. The predicted molar refractivity (Wildman–Crippen MR) is 80.1 cm³/mol. The Kier molecular flexibility index (Phi) is 5.50. The minimum atomic E-state index is -6.37. The maximum atomic E-state index is 13.6. The van der Waals surface area contributed by atoms with Crippen LogP contribution in [-0.2, 0) is 19.1 Å². The number of hydrogen-bond acceptors (Lipinski definition) is 4. The van der Waals surface area contributed by atoms with Crippen molar-refractivity contribution in [2.75, 3.05) is 5.32 Å². The minimum Gasteiger partial charge on any atom is -0.305 e. The third-order valence-electron chi connectivity index (χ3n) is 3.42. The van der Waals surface area contributed by atoms with Gasteiger partial charge in [-0.2, -0.15) is 45.5 Å². The van der Waals surface area contributed by atoms with E-state index in [1.165, 1.54) is 0 Å². The van der Waals surface area contributed by atoms with Gasteiger partial charge in [0.1, 0.15) is 28.3 Å². The number of nitrogens with one attached hydrogen (secondary N) is 1. The van der Waals surface area contributed by atoms with Gasteiger partial charge in [0.05, 0.1) is 5.56 Å². The van der Waals surface area contributed by atoms with Crippen LogP contribution in [0.25, 0.3) is 0 Å². The molecule has 0 atom stereocenters. The Balaban J connectivity index is 2.58. The lowest BCUT2D eigenvalue weighted by Gasteiger charge is -2.19. The molecule has 1 amide bonds. The number of carbonyl (C=O) groups is 1. The first-order valence-electron chi connectivity index (χ1n) is 7.08. The van der Waals surface area contributed by atoms with Gasteiger partial charge in [-0.15, -0.1) is 0 Å². The molecule has 0 aliphatic heterocycles. The second-order valence-electron chi connectivity index (χ2n) is 5.37. The predicted octanol–water partition coefficient (Wildman–Crippen LogP) is 4.27. The number of nitrogens with zero attached hydrogens (tertiary/aromatic N) is 4. The van der Waals surface area contributed by atoms with Gasteiger partial charge in [-0.05, 0) is 12.1 Å². The molecule has 6 nitrogen and oxygen atoms in total. The maximum Gasteiger partial charge on any atom is 0.459 e. The first-order chi connectivity index (χ1) is 13.1. The molecule has 1 N–H and O–H groups in total. The second kappa shape index (κ2) is 7.14. The van der Waals surface area contributed by atoms with Crippen molar-refractivity contribution in [1.82, 2.24) is 14.8 Å². The lowest BCUT2D eigenvalue weighted by Crippen LogP contribution is -2.36. The van der Waals surface area contributed by atoms with E-state index >= 15 is 0 Å². The normalized spacial score (nSPS) is 12.6. The van der Waals surface area contributed by atoms with Crippen molar-refractivity contribution in [3.8, 4) is 6.07 Å². The molecule has 2 aromatic heterocycles. The summed E-state index contributed by atoms with van der Waals surface area (Å²) in [5.74, 6) is -8.84. The smallest absolute Gasteiger partial charge is 0.305 e. The van der Waals surface area contributed by atoms with Gasteiger partial charge < -0.3 is 5.32 Å². The number of alkyl halides is 8. The molecule has 2 heterocycles. The zero-order chi connectivity index (χ0) is 22.4. The average molecular weight is 448 g/mol. The van der Waals surface area contributed by atoms with Gasteiger partial charge >= 0.3 is 18.3 Å². The fourth-order valence-corrected chi connectivity index (χ4v) is 2.30. The van der Waals surface area contributed by atoms with Crippen molar-refractivity contribution in [2.24, 2.45) is 7.05 Å². The lowest BCUT2D eigenvalue weighted by molar-refractivity contribution is -0.292. The van der Waals surface area contributed by atoms with E-state index in [9.17, 15) is 39.9 Å². The highest BCUT2D eigenvalue weighted by atomic mass is 35.5. The first kappa shape index (κ1) is 22.3. The third kappa shape index (κ3) is 4.09. The number of amides is 1. The Hall–Kier alpha value is -2.95. The molecule has 0 saturated heterocycles. The van der Waals surface area contributed by atoms with E-state index in [0.717, 1.165) is 12.1 Å². The largest absolute Gasteiger partial charge is 0.459 e. The molecule has 0 bridgehead atoms. The molecular formula is C14H6ClF8N5O. The van der Waals surface area contributed by atoms with E-state index in [4.69, 9.17) is 16.9 Å². The molecule has 156 valence electrons. The molecule has 0 fully saturated rings. The fraction of sp³-hybridized carbons (Fsp3) is 0.286. The summed E-state index contributed by atoms with van der Waals surface area (Å²) in [7, 11) is 0.625. The van der Waals surface area contributed by atoms with E-state index in [1.54, 1.807) is 11.4 Å². The van der Waals surface area contributed by atoms with Crippen LogP contribution in [0.3, 0.4) is 0 Å². The Morgan fingerprint density at radius 2 is 1.76 bits per heavy atom. The summed E-state index contributed by atoms with van der Waals surface area (Å²) in [5.41, 5.74) is -5.91. The van der Waals surface area contributed by atoms with Crippen molar-refractivity contribution >= 4 is 23.3 Å². The Morgan fingerprint density at radius 1 is 1.17 bits per heavy atom. The molecule has 2 rings (SSSR count). The quantitative estimate of drug-likeness (QED) is 0.563. The number of aromatic nitrogens is 3. The lowest BCUT2D eigenvalue weighted by atomic mass is 10.1. The number of rotatable bonds is 3. The number of halogens is 9. The van der Waals surface area contributed by atoms with Crippen LogP contribution >= 0.6 is 11.6 Å². The van der Waals surface area contributed by atoms with Gasteiger partial charge in [0, 0.05) is 7.05 Å². The molecule has 0 saturated carbocycles. The summed E-state index contributed by atoms with van der Waals surface area (Å²) in [4.78, 5) is 15.6. The van der Waals surface area contributed by atoms with Crippen molar-refractivity contribution in [2.45, 2.75) is 18.3 Å². The second-order valence-corrected chi connectivity index (χ2v) is 5.72. The van der Waals surface area contributed by atoms with Gasteiger partial charge in [0.15, 0.2) is 5.69 Å². The number of hydrogen-bond donors (Lipinski definition) is 1. The SMILES string of the molecule is Cn1nc(C(F)(F)C(F)(F)F)c(C(F)(F)F)c1NC(=O)c1ccc(C#N)c(Cl)n1. The zero-order valence-electron chi connectivity index (χ0n) is 13.8. The minimum absolute atomic E-state index is 0.0148. The molecule has 0 unspecified atom stereocenters.